The van der Waals surface area contributed by atoms with Crippen LogP contribution in [0.1, 0.15) is 56.9 Å². The SMILES string of the molecule is CCc1ccccc1Oc1ccc(C2CCN(C(=O)c3cccc(C)n3)C2)c(C(N)=O)c1. The molecule has 0 bridgehead atoms. The summed E-state index contributed by atoms with van der Waals surface area (Å²) in [6.45, 7) is 5.07. The van der Waals surface area contributed by atoms with E-state index >= 15 is 0 Å². The molecular weight excluding hydrogens is 402 g/mol. The average molecular weight is 430 g/mol. The standard InChI is InChI=1S/C26H27N3O3/c1-3-18-8-4-5-10-24(18)32-20-11-12-21(22(15-20)25(27)30)19-13-14-29(16-19)26(31)23-9-6-7-17(2)28-23/h4-12,15,19H,3,13-14,16H2,1-2H3,(H2,27,30). The summed E-state index contributed by atoms with van der Waals surface area (Å²) in [5.41, 5.74) is 9.34. The normalized spacial score (nSPS) is 15.6. The number of amides is 2. The molecule has 1 saturated heterocycles. The molecule has 0 radical (unpaired) electrons. The molecule has 1 aromatic heterocycles. The van der Waals surface area contributed by atoms with E-state index in [4.69, 9.17) is 10.5 Å². The number of aromatic nitrogens is 1. The predicted octanol–water partition coefficient (Wildman–Crippen LogP) is 4.47. The number of benzene rings is 2. The van der Waals surface area contributed by atoms with Gasteiger partial charge in [-0.3, -0.25) is 9.59 Å². The molecular formula is C26H27N3O3. The molecule has 2 N–H and O–H groups in total. The molecule has 3 aromatic rings. The lowest BCUT2D eigenvalue weighted by Gasteiger charge is -2.18. The number of primary amides is 1. The Morgan fingerprint density at radius 2 is 1.94 bits per heavy atom. The van der Waals surface area contributed by atoms with Crippen molar-refractivity contribution in [2.75, 3.05) is 13.1 Å². The van der Waals surface area contributed by atoms with Crippen molar-refractivity contribution in [2.45, 2.75) is 32.6 Å². The zero-order valence-corrected chi connectivity index (χ0v) is 18.4. The number of nitrogens with two attached hydrogens (primary N) is 1. The highest BCUT2D eigenvalue weighted by Crippen LogP contribution is 2.34. The molecule has 0 aliphatic carbocycles. The van der Waals surface area contributed by atoms with Gasteiger partial charge >= 0.3 is 0 Å². The van der Waals surface area contributed by atoms with Crippen molar-refractivity contribution in [3.05, 3.63) is 88.7 Å². The van der Waals surface area contributed by atoms with Gasteiger partial charge in [0.2, 0.25) is 5.91 Å². The smallest absolute Gasteiger partial charge is 0.272 e. The molecule has 1 aliphatic rings. The summed E-state index contributed by atoms with van der Waals surface area (Å²) in [7, 11) is 0. The third-order valence-electron chi connectivity index (χ3n) is 5.89. The van der Waals surface area contributed by atoms with Crippen molar-refractivity contribution in [3.63, 3.8) is 0 Å². The maximum absolute atomic E-state index is 12.9. The molecule has 4 rings (SSSR count). The fourth-order valence-electron chi connectivity index (χ4n) is 4.21. The molecule has 1 aliphatic heterocycles. The van der Waals surface area contributed by atoms with Crippen LogP contribution in [0.3, 0.4) is 0 Å². The summed E-state index contributed by atoms with van der Waals surface area (Å²) in [5.74, 6) is 0.773. The Labute approximate surface area is 188 Å². The first-order valence-corrected chi connectivity index (χ1v) is 10.9. The van der Waals surface area contributed by atoms with Crippen LogP contribution in [0.5, 0.6) is 11.5 Å². The first-order chi connectivity index (χ1) is 15.5. The van der Waals surface area contributed by atoms with Gasteiger partial charge in [-0.2, -0.15) is 0 Å². The minimum atomic E-state index is -0.501. The van der Waals surface area contributed by atoms with E-state index < -0.39 is 5.91 Å². The second-order valence-corrected chi connectivity index (χ2v) is 8.08. The Hall–Kier alpha value is -3.67. The molecule has 1 atom stereocenters. The van der Waals surface area contributed by atoms with E-state index in [1.165, 1.54) is 0 Å². The molecule has 6 nitrogen and oxygen atoms in total. The van der Waals surface area contributed by atoms with Gasteiger partial charge in [0.05, 0.1) is 0 Å². The van der Waals surface area contributed by atoms with Crippen LogP contribution in [0.2, 0.25) is 0 Å². The highest BCUT2D eigenvalue weighted by atomic mass is 16.5. The lowest BCUT2D eigenvalue weighted by atomic mass is 9.93. The number of carbonyl (C=O) groups is 2. The number of hydrogen-bond acceptors (Lipinski definition) is 4. The predicted molar refractivity (Wildman–Crippen MR) is 123 cm³/mol. The molecule has 2 amide bonds. The Bertz CT molecular complexity index is 1160. The summed E-state index contributed by atoms with van der Waals surface area (Å²) < 4.78 is 6.06. The summed E-state index contributed by atoms with van der Waals surface area (Å²) >= 11 is 0. The van der Waals surface area contributed by atoms with Crippen molar-refractivity contribution >= 4 is 11.8 Å². The third-order valence-corrected chi connectivity index (χ3v) is 5.89. The maximum atomic E-state index is 12.9. The maximum Gasteiger partial charge on any atom is 0.272 e. The molecule has 32 heavy (non-hydrogen) atoms. The van der Waals surface area contributed by atoms with Crippen LogP contribution >= 0.6 is 0 Å². The third kappa shape index (κ3) is 4.49. The van der Waals surface area contributed by atoms with Gasteiger partial charge in [0.25, 0.3) is 5.91 Å². The van der Waals surface area contributed by atoms with E-state index in [2.05, 4.69) is 11.9 Å². The summed E-state index contributed by atoms with van der Waals surface area (Å²) in [6, 6.07) is 18.7. The van der Waals surface area contributed by atoms with Crippen LogP contribution in [0.25, 0.3) is 0 Å². The summed E-state index contributed by atoms with van der Waals surface area (Å²) in [6.07, 6.45) is 1.61. The summed E-state index contributed by atoms with van der Waals surface area (Å²) in [4.78, 5) is 31.3. The van der Waals surface area contributed by atoms with Gasteiger partial charge < -0.3 is 15.4 Å². The van der Waals surface area contributed by atoms with E-state index in [9.17, 15) is 9.59 Å². The van der Waals surface area contributed by atoms with Crippen molar-refractivity contribution < 1.29 is 14.3 Å². The molecule has 1 unspecified atom stereocenters. The van der Waals surface area contributed by atoms with E-state index in [1.807, 2.05) is 55.5 Å². The van der Waals surface area contributed by atoms with E-state index in [0.29, 0.717) is 30.1 Å². The highest BCUT2D eigenvalue weighted by molar-refractivity contribution is 5.95. The van der Waals surface area contributed by atoms with Crippen LogP contribution in [-0.4, -0.2) is 34.8 Å². The van der Waals surface area contributed by atoms with E-state index in [-0.39, 0.29) is 11.8 Å². The quantitative estimate of drug-likeness (QED) is 0.626. The second kappa shape index (κ2) is 9.22. The second-order valence-electron chi connectivity index (χ2n) is 8.08. The van der Waals surface area contributed by atoms with Crippen LogP contribution < -0.4 is 10.5 Å². The number of pyridine rings is 1. The number of rotatable bonds is 6. The van der Waals surface area contributed by atoms with Gasteiger partial charge in [-0.25, -0.2) is 4.98 Å². The van der Waals surface area contributed by atoms with Crippen molar-refractivity contribution in [1.82, 2.24) is 9.88 Å². The largest absolute Gasteiger partial charge is 0.457 e. The van der Waals surface area contributed by atoms with E-state index in [0.717, 1.165) is 35.4 Å². The van der Waals surface area contributed by atoms with Crippen LogP contribution in [0, 0.1) is 6.92 Å². The Morgan fingerprint density at radius 1 is 1.12 bits per heavy atom. The lowest BCUT2D eigenvalue weighted by molar-refractivity contribution is 0.0784. The average Bonchev–Trinajstić information content (AvgIpc) is 3.29. The molecule has 1 fully saturated rings. The zero-order chi connectivity index (χ0) is 22.7. The van der Waals surface area contributed by atoms with Gasteiger partial charge in [-0.1, -0.05) is 37.3 Å². The first kappa shape index (κ1) is 21.6. The van der Waals surface area contributed by atoms with Crippen LogP contribution in [0.4, 0.5) is 0 Å². The van der Waals surface area contributed by atoms with Crippen LogP contribution in [-0.2, 0) is 6.42 Å². The fraction of sp³-hybridized carbons (Fsp3) is 0.269. The van der Waals surface area contributed by atoms with Crippen molar-refractivity contribution in [2.24, 2.45) is 5.73 Å². The van der Waals surface area contributed by atoms with Crippen LogP contribution in [0.15, 0.2) is 60.7 Å². The van der Waals surface area contributed by atoms with Crippen molar-refractivity contribution in [3.8, 4) is 11.5 Å². The number of carbonyl (C=O) groups excluding carboxylic acids is 2. The van der Waals surface area contributed by atoms with Crippen molar-refractivity contribution in [1.29, 1.82) is 0 Å². The molecule has 0 saturated carbocycles. The van der Waals surface area contributed by atoms with Gasteiger partial charge in [0.15, 0.2) is 0 Å². The summed E-state index contributed by atoms with van der Waals surface area (Å²) in [5, 5.41) is 0. The first-order valence-electron chi connectivity index (χ1n) is 10.9. The minimum Gasteiger partial charge on any atom is -0.457 e. The lowest BCUT2D eigenvalue weighted by Crippen LogP contribution is -2.29. The number of para-hydroxylation sites is 1. The molecule has 2 aromatic carbocycles. The fourth-order valence-corrected chi connectivity index (χ4v) is 4.21. The molecule has 164 valence electrons. The highest BCUT2D eigenvalue weighted by Gasteiger charge is 2.30. The molecule has 6 heteroatoms. The number of ether oxygens (including phenoxy) is 1. The molecule has 0 spiro atoms. The zero-order valence-electron chi connectivity index (χ0n) is 18.4. The number of hydrogen-bond donors (Lipinski definition) is 1. The number of nitrogens with zero attached hydrogens (tertiary/aromatic N) is 2. The Kier molecular flexibility index (Phi) is 6.21. The van der Waals surface area contributed by atoms with Gasteiger partial charge in [-0.05, 0) is 61.2 Å². The minimum absolute atomic E-state index is 0.0308. The number of likely N-dealkylation sites (tertiary alicyclic amines) is 1. The van der Waals surface area contributed by atoms with Gasteiger partial charge in [0, 0.05) is 30.3 Å². The monoisotopic (exact) mass is 429 g/mol. The van der Waals surface area contributed by atoms with Gasteiger partial charge in [0.1, 0.15) is 17.2 Å². The van der Waals surface area contributed by atoms with E-state index in [1.54, 1.807) is 17.0 Å². The topological polar surface area (TPSA) is 85.5 Å². The Morgan fingerprint density at radius 3 is 2.69 bits per heavy atom. The Balaban J connectivity index is 1.55. The molecule has 2 heterocycles. The van der Waals surface area contributed by atoms with Gasteiger partial charge in [-0.15, -0.1) is 0 Å². The number of aryl methyl sites for hydroxylation is 2.